The van der Waals surface area contributed by atoms with Gasteiger partial charge in [-0.2, -0.15) is 10.4 Å². The quantitative estimate of drug-likeness (QED) is 0.554. The summed E-state index contributed by atoms with van der Waals surface area (Å²) in [7, 11) is 1.63. The monoisotopic (exact) mass is 325 g/mol. The van der Waals surface area contributed by atoms with Crippen molar-refractivity contribution >= 4 is 10.8 Å². The first-order chi connectivity index (χ1) is 12.3. The van der Waals surface area contributed by atoms with Crippen LogP contribution >= 0.6 is 0 Å². The van der Waals surface area contributed by atoms with Crippen LogP contribution in [0.5, 0.6) is 5.75 Å². The predicted molar refractivity (Wildman–Crippen MR) is 97.8 cm³/mol. The number of methoxy groups -OCH3 is 1. The van der Waals surface area contributed by atoms with Gasteiger partial charge in [0.1, 0.15) is 11.8 Å². The molecule has 0 aliphatic heterocycles. The zero-order chi connectivity index (χ0) is 17.2. The maximum absolute atomic E-state index is 9.29. The van der Waals surface area contributed by atoms with Crippen LogP contribution in [0, 0.1) is 11.3 Å². The highest BCUT2D eigenvalue weighted by Gasteiger charge is 2.12. The number of benzene rings is 3. The first kappa shape index (κ1) is 15.0. The Kier molecular flexibility index (Phi) is 3.68. The zero-order valence-corrected chi connectivity index (χ0v) is 13.7. The Bertz CT molecular complexity index is 1110. The Labute approximate surface area is 145 Å². The maximum Gasteiger partial charge on any atom is 0.163 e. The molecule has 0 saturated heterocycles. The molecule has 0 saturated carbocycles. The van der Waals surface area contributed by atoms with Crippen LogP contribution in [0.3, 0.4) is 0 Å². The fourth-order valence-electron chi connectivity index (χ4n) is 2.93. The molecule has 4 nitrogen and oxygen atoms in total. The second-order valence-electron chi connectivity index (χ2n) is 5.70. The van der Waals surface area contributed by atoms with Crippen LogP contribution in [-0.4, -0.2) is 16.9 Å². The number of fused-ring (bicyclic) bond motifs is 1. The van der Waals surface area contributed by atoms with Crippen molar-refractivity contribution in [1.82, 2.24) is 9.78 Å². The molecule has 0 aliphatic rings. The summed E-state index contributed by atoms with van der Waals surface area (Å²) in [5.74, 6) is 0.746. The van der Waals surface area contributed by atoms with E-state index >= 15 is 0 Å². The molecule has 0 bridgehead atoms. The van der Waals surface area contributed by atoms with Gasteiger partial charge in [-0.15, -0.1) is 0 Å². The van der Waals surface area contributed by atoms with Gasteiger partial charge in [-0.3, -0.25) is 0 Å². The number of hydrogen-bond acceptors (Lipinski definition) is 3. The van der Waals surface area contributed by atoms with Crippen molar-refractivity contribution in [3.63, 3.8) is 0 Å². The Morgan fingerprint density at radius 3 is 2.56 bits per heavy atom. The third kappa shape index (κ3) is 2.73. The Hall–Kier alpha value is -3.58. The smallest absolute Gasteiger partial charge is 0.163 e. The molecule has 0 N–H and O–H groups in total. The number of ether oxygens (including phenoxy) is 1. The lowest BCUT2D eigenvalue weighted by Crippen LogP contribution is -2.00. The van der Waals surface area contributed by atoms with Crippen LogP contribution in [0.1, 0.15) is 5.69 Å². The fraction of sp³-hybridized carbons (Fsp3) is 0.0476. The van der Waals surface area contributed by atoms with Crippen LogP contribution < -0.4 is 4.74 Å². The van der Waals surface area contributed by atoms with E-state index in [0.29, 0.717) is 5.69 Å². The van der Waals surface area contributed by atoms with Crippen molar-refractivity contribution < 1.29 is 4.74 Å². The van der Waals surface area contributed by atoms with Crippen molar-refractivity contribution in [2.24, 2.45) is 0 Å². The second kappa shape index (κ2) is 6.14. The van der Waals surface area contributed by atoms with Crippen LogP contribution in [0.4, 0.5) is 0 Å². The molecule has 4 heteroatoms. The summed E-state index contributed by atoms with van der Waals surface area (Å²) in [6, 6.07) is 26.0. The van der Waals surface area contributed by atoms with E-state index in [1.165, 1.54) is 5.39 Å². The lowest BCUT2D eigenvalue weighted by molar-refractivity contribution is 0.414. The van der Waals surface area contributed by atoms with Gasteiger partial charge in [-0.1, -0.05) is 42.5 Å². The first-order valence-electron chi connectivity index (χ1n) is 7.92. The van der Waals surface area contributed by atoms with E-state index in [1.807, 2.05) is 42.5 Å². The predicted octanol–water partition coefficient (Wildman–Crippen LogP) is 4.57. The number of aromatic nitrogens is 2. The lowest BCUT2D eigenvalue weighted by atomic mass is 10.0. The third-order valence-corrected chi connectivity index (χ3v) is 4.17. The van der Waals surface area contributed by atoms with Crippen LogP contribution in [0.25, 0.3) is 27.7 Å². The lowest BCUT2D eigenvalue weighted by Gasteiger charge is -2.10. The number of hydrogen-bond donors (Lipinski definition) is 0. The molecule has 0 aliphatic carbocycles. The van der Waals surface area contributed by atoms with Crippen molar-refractivity contribution in [3.8, 4) is 28.8 Å². The molecule has 1 heterocycles. The molecule has 25 heavy (non-hydrogen) atoms. The normalized spacial score (nSPS) is 10.6. The fourth-order valence-corrected chi connectivity index (χ4v) is 2.93. The summed E-state index contributed by atoms with van der Waals surface area (Å²) in [4.78, 5) is 0. The third-order valence-electron chi connectivity index (χ3n) is 4.17. The van der Waals surface area contributed by atoms with E-state index in [0.717, 1.165) is 28.1 Å². The molecular weight excluding hydrogens is 310 g/mol. The van der Waals surface area contributed by atoms with Crippen molar-refractivity contribution in [2.45, 2.75) is 0 Å². The molecule has 4 rings (SSSR count). The number of rotatable bonds is 3. The average Bonchev–Trinajstić information content (AvgIpc) is 3.12. The number of nitrogens with zero attached hydrogens (tertiary/aromatic N) is 3. The van der Waals surface area contributed by atoms with E-state index in [-0.39, 0.29) is 0 Å². The minimum absolute atomic E-state index is 0.381. The standard InChI is InChI=1S/C21H15N3O/c1-25-20-8-4-7-19(13-20)24-21(12-18(14-22)23-24)17-10-9-15-5-2-3-6-16(15)11-17/h2-13H,1H3. The Balaban J connectivity index is 1.91. The van der Waals surface area contributed by atoms with Gasteiger partial charge in [0.05, 0.1) is 18.5 Å². The molecule has 120 valence electrons. The highest BCUT2D eigenvalue weighted by atomic mass is 16.5. The van der Waals surface area contributed by atoms with Gasteiger partial charge in [0.15, 0.2) is 5.69 Å². The van der Waals surface area contributed by atoms with Crippen LogP contribution in [0.2, 0.25) is 0 Å². The highest BCUT2D eigenvalue weighted by molar-refractivity contribution is 5.87. The van der Waals surface area contributed by atoms with Gasteiger partial charge in [-0.25, -0.2) is 4.68 Å². The SMILES string of the molecule is COc1cccc(-n2nc(C#N)cc2-c2ccc3ccccc3c2)c1. The maximum atomic E-state index is 9.29. The van der Waals surface area contributed by atoms with Crippen molar-refractivity contribution in [1.29, 1.82) is 5.26 Å². The molecular formula is C21H15N3O. The van der Waals surface area contributed by atoms with Gasteiger partial charge in [0.2, 0.25) is 0 Å². The molecule has 0 radical (unpaired) electrons. The molecule has 0 unspecified atom stereocenters. The van der Waals surface area contributed by atoms with E-state index in [1.54, 1.807) is 11.8 Å². The molecule has 4 aromatic rings. The van der Waals surface area contributed by atoms with E-state index in [9.17, 15) is 5.26 Å². The molecule has 0 spiro atoms. The number of nitriles is 1. The van der Waals surface area contributed by atoms with Gasteiger partial charge < -0.3 is 4.74 Å². The molecule has 1 aromatic heterocycles. The summed E-state index contributed by atoms with van der Waals surface area (Å²) in [6.07, 6.45) is 0. The second-order valence-corrected chi connectivity index (χ2v) is 5.70. The topological polar surface area (TPSA) is 50.8 Å². The molecule has 0 atom stereocenters. The highest BCUT2D eigenvalue weighted by Crippen LogP contribution is 2.28. The van der Waals surface area contributed by atoms with Crippen molar-refractivity contribution in [3.05, 3.63) is 78.5 Å². The summed E-state index contributed by atoms with van der Waals surface area (Å²) in [5, 5.41) is 16.1. The summed E-state index contributed by atoms with van der Waals surface area (Å²) >= 11 is 0. The first-order valence-corrected chi connectivity index (χ1v) is 7.92. The van der Waals surface area contributed by atoms with E-state index in [2.05, 4.69) is 41.5 Å². The zero-order valence-electron chi connectivity index (χ0n) is 13.7. The van der Waals surface area contributed by atoms with Gasteiger partial charge in [0, 0.05) is 17.7 Å². The minimum atomic E-state index is 0.381. The Morgan fingerprint density at radius 2 is 1.76 bits per heavy atom. The van der Waals surface area contributed by atoms with Gasteiger partial charge >= 0.3 is 0 Å². The Morgan fingerprint density at radius 1 is 0.920 bits per heavy atom. The minimum Gasteiger partial charge on any atom is -0.497 e. The van der Waals surface area contributed by atoms with E-state index in [4.69, 9.17) is 4.74 Å². The molecule has 0 amide bonds. The van der Waals surface area contributed by atoms with Gasteiger partial charge in [-0.05, 0) is 29.0 Å². The molecule has 3 aromatic carbocycles. The average molecular weight is 325 g/mol. The largest absolute Gasteiger partial charge is 0.497 e. The summed E-state index contributed by atoms with van der Waals surface area (Å²) in [5.41, 5.74) is 3.11. The summed E-state index contributed by atoms with van der Waals surface area (Å²) < 4.78 is 7.09. The van der Waals surface area contributed by atoms with Crippen molar-refractivity contribution in [2.75, 3.05) is 7.11 Å². The van der Waals surface area contributed by atoms with E-state index < -0.39 is 0 Å². The van der Waals surface area contributed by atoms with Crippen LogP contribution in [-0.2, 0) is 0 Å². The molecule has 0 fully saturated rings. The van der Waals surface area contributed by atoms with Crippen LogP contribution in [0.15, 0.2) is 72.8 Å². The summed E-state index contributed by atoms with van der Waals surface area (Å²) in [6.45, 7) is 0. The van der Waals surface area contributed by atoms with Gasteiger partial charge in [0.25, 0.3) is 0 Å².